The molecule has 0 N–H and O–H groups in total. The standard InChI is InChI=1S/C12H30FSi3/c1-11(2,3)15(7,8)14(13)16(9,10)12(4,5)6/h1-10H3/q-1. The van der Waals surface area contributed by atoms with Crippen LogP contribution in [0.25, 0.3) is 0 Å². The molecule has 0 unspecified atom stereocenters. The Labute approximate surface area is 105 Å². The molecule has 0 saturated heterocycles. The molecule has 0 aromatic carbocycles. The summed E-state index contributed by atoms with van der Waals surface area (Å²) in [6.45, 7) is 22.5. The molecule has 0 aliphatic heterocycles. The fraction of sp³-hybridized carbons (Fsp3) is 1.00. The summed E-state index contributed by atoms with van der Waals surface area (Å²) in [6, 6.07) is 0. The van der Waals surface area contributed by atoms with Gasteiger partial charge in [0, 0.05) is 0 Å². The average molecular weight is 278 g/mol. The highest BCUT2D eigenvalue weighted by molar-refractivity contribution is 7.59. The van der Waals surface area contributed by atoms with E-state index in [9.17, 15) is 0 Å². The van der Waals surface area contributed by atoms with Crippen molar-refractivity contribution >= 4 is 23.3 Å². The second-order valence-electron chi connectivity index (χ2n) is 8.06. The zero-order valence-electron chi connectivity index (χ0n) is 12.9. The van der Waals surface area contributed by atoms with Gasteiger partial charge < -0.3 is 4.11 Å². The van der Waals surface area contributed by atoms with Crippen LogP contribution in [0.1, 0.15) is 41.5 Å². The van der Waals surface area contributed by atoms with Crippen molar-refractivity contribution < 1.29 is 4.11 Å². The van der Waals surface area contributed by atoms with E-state index in [1.807, 2.05) is 0 Å². The number of rotatable bonds is 2. The lowest BCUT2D eigenvalue weighted by Gasteiger charge is -2.59. The largest absolute Gasteiger partial charge is 0.524 e. The van der Waals surface area contributed by atoms with Gasteiger partial charge in [0.1, 0.15) is 0 Å². The molecule has 0 radical (unpaired) electrons. The van der Waals surface area contributed by atoms with Crippen molar-refractivity contribution in [2.75, 3.05) is 0 Å². The Balaban J connectivity index is 5.30. The highest BCUT2D eigenvalue weighted by Gasteiger charge is 2.44. The Kier molecular flexibility index (Phi) is 4.51. The zero-order chi connectivity index (χ0) is 13.6. The van der Waals surface area contributed by atoms with Crippen LogP contribution in [0.5, 0.6) is 0 Å². The zero-order valence-corrected chi connectivity index (χ0v) is 15.9. The third kappa shape index (κ3) is 2.88. The molecule has 98 valence electrons. The lowest BCUT2D eigenvalue weighted by Crippen LogP contribution is -2.66. The van der Waals surface area contributed by atoms with E-state index >= 15 is 4.11 Å². The number of hydrogen-bond acceptors (Lipinski definition) is 0. The van der Waals surface area contributed by atoms with Crippen LogP contribution in [0, 0.1) is 0 Å². The summed E-state index contributed by atoms with van der Waals surface area (Å²) in [5.41, 5.74) is 0. The van der Waals surface area contributed by atoms with Crippen LogP contribution in [-0.4, -0.2) is 23.3 Å². The minimum atomic E-state index is -1.76. The summed E-state index contributed by atoms with van der Waals surface area (Å²) in [5.74, 6) is 0. The van der Waals surface area contributed by atoms with Crippen LogP contribution in [-0.2, 0) is 0 Å². The summed E-state index contributed by atoms with van der Waals surface area (Å²) < 4.78 is 15.2. The number of hydrogen-bond donors (Lipinski definition) is 0. The quantitative estimate of drug-likeness (QED) is 0.485. The van der Waals surface area contributed by atoms with Crippen LogP contribution in [0.4, 0.5) is 4.11 Å². The summed E-state index contributed by atoms with van der Waals surface area (Å²) >= 11 is 0. The topological polar surface area (TPSA) is 0 Å². The molecule has 4 heteroatoms. The first-order valence-corrected chi connectivity index (χ1v) is 15.6. The van der Waals surface area contributed by atoms with Crippen molar-refractivity contribution in [2.45, 2.75) is 77.8 Å². The van der Waals surface area contributed by atoms with Crippen molar-refractivity contribution in [1.29, 1.82) is 0 Å². The second kappa shape index (κ2) is 4.35. The number of halogens is 1. The van der Waals surface area contributed by atoms with Gasteiger partial charge in [-0.05, 0) is 0 Å². The Hall–Kier alpha value is 0.581. The van der Waals surface area contributed by atoms with E-state index in [1.165, 1.54) is 0 Å². The lowest BCUT2D eigenvalue weighted by molar-refractivity contribution is 0.712. The van der Waals surface area contributed by atoms with Gasteiger partial charge >= 0.3 is 0 Å². The van der Waals surface area contributed by atoms with Crippen LogP contribution >= 0.6 is 0 Å². The van der Waals surface area contributed by atoms with E-state index < -0.39 is 23.3 Å². The van der Waals surface area contributed by atoms with Crippen molar-refractivity contribution in [2.24, 2.45) is 0 Å². The maximum absolute atomic E-state index is 15.2. The van der Waals surface area contributed by atoms with Gasteiger partial charge in [-0.1, -0.05) is 101 Å². The van der Waals surface area contributed by atoms with Crippen molar-refractivity contribution in [3.05, 3.63) is 0 Å². The molecular weight excluding hydrogens is 247 g/mol. The van der Waals surface area contributed by atoms with Gasteiger partial charge in [-0.3, -0.25) is 0 Å². The highest BCUT2D eigenvalue weighted by Crippen LogP contribution is 2.46. The van der Waals surface area contributed by atoms with E-state index in [2.05, 4.69) is 67.7 Å². The summed E-state index contributed by atoms with van der Waals surface area (Å²) in [4.78, 5) is 0. The molecule has 0 amide bonds. The van der Waals surface area contributed by atoms with Gasteiger partial charge in [-0.2, -0.15) is 0 Å². The van der Waals surface area contributed by atoms with Gasteiger partial charge in [0.15, 0.2) is 0 Å². The molecule has 0 heterocycles. The molecular formula is C12H30FSi3-. The maximum Gasteiger partial charge on any atom is -0.0630 e. The van der Waals surface area contributed by atoms with Gasteiger partial charge in [-0.25, -0.2) is 0 Å². The monoisotopic (exact) mass is 277 g/mol. The molecule has 0 rings (SSSR count). The maximum atomic E-state index is 15.2. The summed E-state index contributed by atoms with van der Waals surface area (Å²) in [5, 5.41) is 0.372. The van der Waals surface area contributed by atoms with E-state index in [0.29, 0.717) is 0 Å². The van der Waals surface area contributed by atoms with Crippen LogP contribution in [0.3, 0.4) is 0 Å². The van der Waals surface area contributed by atoms with Gasteiger partial charge in [0.25, 0.3) is 0 Å². The van der Waals surface area contributed by atoms with E-state index in [4.69, 9.17) is 0 Å². The first-order valence-electron chi connectivity index (χ1n) is 6.19. The first kappa shape index (κ1) is 16.6. The fourth-order valence-corrected chi connectivity index (χ4v) is 33.8. The fourth-order valence-electron chi connectivity index (χ4n) is 1.44. The summed E-state index contributed by atoms with van der Waals surface area (Å²) in [6.07, 6.45) is 0. The van der Waals surface area contributed by atoms with Crippen LogP contribution < -0.4 is 0 Å². The molecule has 0 aliphatic rings. The molecule has 0 aliphatic carbocycles. The molecule has 0 aromatic rings. The molecule has 0 saturated carbocycles. The summed E-state index contributed by atoms with van der Waals surface area (Å²) in [7, 11) is -5.19. The Morgan fingerprint density at radius 2 is 0.875 bits per heavy atom. The van der Waals surface area contributed by atoms with E-state index in [1.54, 1.807) is 0 Å². The molecule has 0 fully saturated rings. The predicted octanol–water partition coefficient (Wildman–Crippen LogP) is 5.12. The molecule has 0 spiro atoms. The smallest absolute Gasteiger partial charge is 0.0630 e. The van der Waals surface area contributed by atoms with Gasteiger partial charge in [0.2, 0.25) is 0 Å². The van der Waals surface area contributed by atoms with Gasteiger partial charge in [-0.15, -0.1) is 0 Å². The van der Waals surface area contributed by atoms with Gasteiger partial charge in [0.05, 0.1) is 0 Å². The molecule has 0 aromatic heterocycles. The Bertz CT molecular complexity index is 220. The Morgan fingerprint density at radius 1 is 0.688 bits per heavy atom. The lowest BCUT2D eigenvalue weighted by atomic mass is 10.2. The minimum Gasteiger partial charge on any atom is -0.524 e. The molecule has 0 bridgehead atoms. The molecule has 0 nitrogen and oxygen atoms in total. The SMILES string of the molecule is CC(C)(C)[Si](C)(C)[Si-](F)[Si](C)(C)C(C)(C)C. The minimum absolute atomic E-state index is 0.186. The molecule has 0 atom stereocenters. The van der Waals surface area contributed by atoms with Crippen LogP contribution in [0.15, 0.2) is 0 Å². The van der Waals surface area contributed by atoms with E-state index in [0.717, 1.165) is 0 Å². The van der Waals surface area contributed by atoms with Crippen molar-refractivity contribution in [1.82, 2.24) is 0 Å². The van der Waals surface area contributed by atoms with Crippen LogP contribution in [0.2, 0.25) is 36.3 Å². The first-order chi connectivity index (χ1) is 6.65. The second-order valence-corrected chi connectivity index (χ2v) is 29.8. The normalized spacial score (nSPS) is 15.8. The predicted molar refractivity (Wildman–Crippen MR) is 81.3 cm³/mol. The average Bonchev–Trinajstić information content (AvgIpc) is 1.98. The third-order valence-electron chi connectivity index (χ3n) is 4.85. The third-order valence-corrected chi connectivity index (χ3v) is 36.9. The van der Waals surface area contributed by atoms with Crippen molar-refractivity contribution in [3.63, 3.8) is 0 Å². The molecule has 16 heavy (non-hydrogen) atoms. The Morgan fingerprint density at radius 3 is 1.00 bits per heavy atom. The highest BCUT2D eigenvalue weighted by atomic mass is 29.6. The van der Waals surface area contributed by atoms with Crippen molar-refractivity contribution in [3.8, 4) is 0 Å². The van der Waals surface area contributed by atoms with E-state index in [-0.39, 0.29) is 10.1 Å².